The van der Waals surface area contributed by atoms with Crippen LogP contribution in [0.3, 0.4) is 0 Å². The third-order valence-electron chi connectivity index (χ3n) is 5.41. The van der Waals surface area contributed by atoms with Crippen LogP contribution in [-0.4, -0.2) is 40.3 Å². The third-order valence-corrected chi connectivity index (χ3v) is 6.69. The number of benzene rings is 1. The number of rotatable bonds is 7. The molecule has 0 bridgehead atoms. The number of nitrogens with zero attached hydrogens (tertiary/aromatic N) is 4. The molecule has 1 aliphatic carbocycles. The van der Waals surface area contributed by atoms with E-state index in [0.717, 1.165) is 35.4 Å². The van der Waals surface area contributed by atoms with Crippen LogP contribution in [0.4, 0.5) is 0 Å². The average Bonchev–Trinajstić information content (AvgIpc) is 3.47. The Kier molecular flexibility index (Phi) is 5.72. The summed E-state index contributed by atoms with van der Waals surface area (Å²) in [6.07, 6.45) is 4.50. The van der Waals surface area contributed by atoms with Crippen molar-refractivity contribution < 1.29 is 14.3 Å². The maximum absolute atomic E-state index is 13.5. The van der Waals surface area contributed by atoms with Crippen LogP contribution in [-0.2, 0) is 12.8 Å². The number of fused-ring (bicyclic) bond motifs is 1. The van der Waals surface area contributed by atoms with Gasteiger partial charge in [0, 0.05) is 4.88 Å². The summed E-state index contributed by atoms with van der Waals surface area (Å²) < 4.78 is 12.4. The zero-order valence-corrected chi connectivity index (χ0v) is 18.3. The van der Waals surface area contributed by atoms with Crippen molar-refractivity contribution in [1.82, 2.24) is 25.5 Å². The van der Waals surface area contributed by atoms with E-state index in [9.17, 15) is 4.79 Å². The van der Waals surface area contributed by atoms with E-state index in [0.29, 0.717) is 17.1 Å². The fourth-order valence-corrected chi connectivity index (χ4v) is 5.24. The van der Waals surface area contributed by atoms with E-state index in [1.54, 1.807) is 30.2 Å². The van der Waals surface area contributed by atoms with Crippen LogP contribution in [0.2, 0.25) is 0 Å². The second kappa shape index (κ2) is 8.43. The highest BCUT2D eigenvalue weighted by Crippen LogP contribution is 2.38. The molecule has 0 radical (unpaired) electrons. The van der Waals surface area contributed by atoms with Gasteiger partial charge in [-0.15, -0.1) is 16.4 Å². The molecule has 1 aromatic carbocycles. The number of tetrazole rings is 1. The zero-order chi connectivity index (χ0) is 21.3. The number of nitrogens with one attached hydrogen (secondary N) is 1. The SMILES string of the molecule is COc1ccc([C@@H](NC(=O)c2c(-n3cnnn3)sc3c2CCC3)C(C)C)cc1OC. The van der Waals surface area contributed by atoms with Gasteiger partial charge in [0.05, 0.1) is 25.8 Å². The summed E-state index contributed by atoms with van der Waals surface area (Å²) in [6, 6.07) is 5.57. The fourth-order valence-electron chi connectivity index (χ4n) is 3.93. The van der Waals surface area contributed by atoms with E-state index in [2.05, 4.69) is 34.7 Å². The zero-order valence-electron chi connectivity index (χ0n) is 17.5. The van der Waals surface area contributed by atoms with Crippen LogP contribution in [0, 0.1) is 5.92 Å². The van der Waals surface area contributed by atoms with Crippen molar-refractivity contribution in [2.45, 2.75) is 39.2 Å². The van der Waals surface area contributed by atoms with E-state index >= 15 is 0 Å². The van der Waals surface area contributed by atoms with Gasteiger partial charge < -0.3 is 14.8 Å². The molecule has 0 unspecified atom stereocenters. The van der Waals surface area contributed by atoms with E-state index < -0.39 is 0 Å². The predicted octanol–water partition coefficient (Wildman–Crippen LogP) is 3.36. The molecular weight excluding hydrogens is 402 g/mol. The Morgan fingerprint density at radius 2 is 2.00 bits per heavy atom. The van der Waals surface area contributed by atoms with Crippen molar-refractivity contribution in [2.75, 3.05) is 14.2 Å². The molecule has 0 aliphatic heterocycles. The monoisotopic (exact) mass is 427 g/mol. The van der Waals surface area contributed by atoms with Gasteiger partial charge >= 0.3 is 0 Å². The van der Waals surface area contributed by atoms with Gasteiger partial charge in [0.25, 0.3) is 5.91 Å². The standard InChI is InChI=1S/C21H25N5O3S/c1-12(2)19(13-8-9-15(28-3)16(10-13)29-4)23-20(27)18-14-6-5-7-17(14)30-21(18)26-11-22-24-25-26/h8-12,19H,5-7H2,1-4H3,(H,23,27)/t19-/m0/s1. The van der Waals surface area contributed by atoms with Crippen LogP contribution in [0.1, 0.15) is 52.7 Å². The van der Waals surface area contributed by atoms with Gasteiger partial charge in [0.1, 0.15) is 11.3 Å². The minimum atomic E-state index is -0.184. The van der Waals surface area contributed by atoms with Gasteiger partial charge in [0.15, 0.2) is 11.5 Å². The molecule has 9 heteroatoms. The third kappa shape index (κ3) is 3.65. The van der Waals surface area contributed by atoms with Crippen molar-refractivity contribution in [3.63, 3.8) is 0 Å². The van der Waals surface area contributed by atoms with Gasteiger partial charge in [-0.2, -0.15) is 4.68 Å². The summed E-state index contributed by atoms with van der Waals surface area (Å²) in [5.74, 6) is 1.37. The summed E-state index contributed by atoms with van der Waals surface area (Å²) in [6.45, 7) is 4.17. The number of ether oxygens (including phenoxy) is 2. The molecule has 30 heavy (non-hydrogen) atoms. The number of thiophene rings is 1. The Bertz CT molecular complexity index is 1050. The van der Waals surface area contributed by atoms with E-state index in [-0.39, 0.29) is 17.9 Å². The summed E-state index contributed by atoms with van der Waals surface area (Å²) in [4.78, 5) is 14.8. The largest absolute Gasteiger partial charge is 0.493 e. The molecule has 2 aromatic heterocycles. The number of amides is 1. The highest BCUT2D eigenvalue weighted by atomic mass is 32.1. The number of carbonyl (C=O) groups is 1. The molecule has 2 heterocycles. The van der Waals surface area contributed by atoms with Crippen LogP contribution in [0.5, 0.6) is 11.5 Å². The molecule has 3 aromatic rings. The molecule has 1 N–H and O–H groups in total. The number of hydrogen-bond donors (Lipinski definition) is 1. The number of methoxy groups -OCH3 is 2. The Hall–Kier alpha value is -2.94. The van der Waals surface area contributed by atoms with Crippen molar-refractivity contribution in [1.29, 1.82) is 0 Å². The highest BCUT2D eigenvalue weighted by Gasteiger charge is 2.30. The number of hydrogen-bond acceptors (Lipinski definition) is 7. The van der Waals surface area contributed by atoms with Crippen molar-refractivity contribution in [2.24, 2.45) is 5.92 Å². The lowest BCUT2D eigenvalue weighted by Gasteiger charge is -2.24. The molecule has 0 fully saturated rings. The predicted molar refractivity (Wildman–Crippen MR) is 114 cm³/mol. The summed E-state index contributed by atoms with van der Waals surface area (Å²) in [5, 5.41) is 15.5. The van der Waals surface area contributed by atoms with Crippen molar-refractivity contribution >= 4 is 17.2 Å². The van der Waals surface area contributed by atoms with Gasteiger partial charge in [0.2, 0.25) is 0 Å². The summed E-state index contributed by atoms with van der Waals surface area (Å²) >= 11 is 1.60. The molecule has 158 valence electrons. The van der Waals surface area contributed by atoms with Crippen molar-refractivity contribution in [3.05, 3.63) is 46.1 Å². The molecule has 8 nitrogen and oxygen atoms in total. The molecular formula is C21H25N5O3S. The first-order valence-electron chi connectivity index (χ1n) is 9.94. The second-order valence-electron chi connectivity index (χ2n) is 7.60. The lowest BCUT2D eigenvalue weighted by molar-refractivity contribution is 0.0925. The minimum absolute atomic E-state index is 0.103. The molecule has 0 spiro atoms. The summed E-state index contributed by atoms with van der Waals surface area (Å²) in [5.41, 5.74) is 2.77. The van der Waals surface area contributed by atoms with Gasteiger partial charge in [-0.25, -0.2) is 0 Å². The molecule has 1 aliphatic rings. The lowest BCUT2D eigenvalue weighted by Crippen LogP contribution is -2.32. The maximum Gasteiger partial charge on any atom is 0.255 e. The normalized spacial score (nSPS) is 13.9. The highest BCUT2D eigenvalue weighted by molar-refractivity contribution is 7.15. The smallest absolute Gasteiger partial charge is 0.255 e. The van der Waals surface area contributed by atoms with Crippen LogP contribution in [0.25, 0.3) is 5.00 Å². The van der Waals surface area contributed by atoms with E-state index in [1.165, 1.54) is 11.2 Å². The van der Waals surface area contributed by atoms with Crippen molar-refractivity contribution in [3.8, 4) is 16.5 Å². The lowest BCUT2D eigenvalue weighted by atomic mass is 9.95. The van der Waals surface area contributed by atoms with E-state index in [1.807, 2.05) is 18.2 Å². The topological polar surface area (TPSA) is 91.2 Å². The number of aromatic nitrogens is 4. The maximum atomic E-state index is 13.5. The second-order valence-corrected chi connectivity index (χ2v) is 8.69. The quantitative estimate of drug-likeness (QED) is 0.622. The molecule has 0 saturated carbocycles. The van der Waals surface area contributed by atoms with Crippen LogP contribution < -0.4 is 14.8 Å². The molecule has 1 atom stereocenters. The number of carbonyl (C=O) groups excluding carboxylic acids is 1. The minimum Gasteiger partial charge on any atom is -0.493 e. The van der Waals surface area contributed by atoms with Crippen LogP contribution in [0.15, 0.2) is 24.5 Å². The van der Waals surface area contributed by atoms with Gasteiger partial charge in [-0.1, -0.05) is 19.9 Å². The Morgan fingerprint density at radius 1 is 1.20 bits per heavy atom. The van der Waals surface area contributed by atoms with E-state index in [4.69, 9.17) is 9.47 Å². The van der Waals surface area contributed by atoms with Crippen LogP contribution >= 0.6 is 11.3 Å². The number of aryl methyl sites for hydroxylation is 1. The first-order valence-corrected chi connectivity index (χ1v) is 10.8. The molecule has 0 saturated heterocycles. The molecule has 4 rings (SSSR count). The fraction of sp³-hybridized carbons (Fsp3) is 0.429. The first-order chi connectivity index (χ1) is 14.5. The Labute approximate surface area is 179 Å². The first kappa shape index (κ1) is 20.3. The Balaban J connectivity index is 1.69. The Morgan fingerprint density at radius 3 is 2.67 bits per heavy atom. The average molecular weight is 428 g/mol. The van der Waals surface area contributed by atoms with Gasteiger partial charge in [-0.05, 0) is 58.9 Å². The molecule has 1 amide bonds. The summed E-state index contributed by atoms with van der Waals surface area (Å²) in [7, 11) is 3.22. The van der Waals surface area contributed by atoms with Gasteiger partial charge in [-0.3, -0.25) is 4.79 Å².